The lowest BCUT2D eigenvalue weighted by Crippen LogP contribution is -2.24. The minimum absolute atomic E-state index is 0.196. The van der Waals surface area contributed by atoms with Gasteiger partial charge in [-0.3, -0.25) is 4.79 Å². The first kappa shape index (κ1) is 12.9. The molecule has 2 aromatic rings. The van der Waals surface area contributed by atoms with Crippen LogP contribution in [0.1, 0.15) is 19.8 Å². The van der Waals surface area contributed by atoms with Crippen molar-refractivity contribution >= 4 is 22.8 Å². The lowest BCUT2D eigenvalue weighted by molar-refractivity contribution is -0.142. The Bertz CT molecular complexity index is 624. The van der Waals surface area contributed by atoms with Crippen LogP contribution in [0, 0.1) is 11.8 Å². The van der Waals surface area contributed by atoms with Crippen molar-refractivity contribution in [3.05, 3.63) is 18.6 Å². The molecule has 6 nitrogen and oxygen atoms in total. The van der Waals surface area contributed by atoms with Crippen LogP contribution in [-0.4, -0.2) is 39.1 Å². The predicted molar refractivity (Wildman–Crippen MR) is 75.6 cm³/mol. The van der Waals surface area contributed by atoms with E-state index in [2.05, 4.69) is 26.8 Å². The average molecular weight is 274 g/mol. The second kappa shape index (κ2) is 5.11. The van der Waals surface area contributed by atoms with Gasteiger partial charge >= 0.3 is 5.97 Å². The Morgan fingerprint density at radius 2 is 2.35 bits per heavy atom. The van der Waals surface area contributed by atoms with Gasteiger partial charge in [-0.1, -0.05) is 13.3 Å². The molecule has 3 heterocycles. The van der Waals surface area contributed by atoms with Gasteiger partial charge in [-0.15, -0.1) is 0 Å². The first-order chi connectivity index (χ1) is 9.70. The van der Waals surface area contributed by atoms with Crippen LogP contribution in [0.15, 0.2) is 18.6 Å². The lowest BCUT2D eigenvalue weighted by Gasteiger charge is -2.17. The minimum atomic E-state index is -0.703. The zero-order valence-electron chi connectivity index (χ0n) is 11.4. The van der Waals surface area contributed by atoms with Crippen molar-refractivity contribution in [2.45, 2.75) is 19.8 Å². The second-order valence-electron chi connectivity index (χ2n) is 5.34. The van der Waals surface area contributed by atoms with Crippen LogP contribution in [0.25, 0.3) is 11.0 Å². The van der Waals surface area contributed by atoms with Gasteiger partial charge in [0, 0.05) is 19.3 Å². The standard InChI is InChI=1S/C14H18N4O2/c1-2-3-9-6-18(7-11(9)14(19)20)13-10-4-5-15-12(10)16-8-17-13/h4-5,8-9,11H,2-3,6-7H2,1H3,(H,19,20)(H,15,16,17)/t9-,11-/m0/s1. The normalized spacial score (nSPS) is 22.6. The number of aromatic amines is 1. The van der Waals surface area contributed by atoms with Crippen LogP contribution in [0.3, 0.4) is 0 Å². The van der Waals surface area contributed by atoms with Crippen LogP contribution >= 0.6 is 0 Å². The van der Waals surface area contributed by atoms with E-state index in [4.69, 9.17) is 0 Å². The fraction of sp³-hybridized carbons (Fsp3) is 0.500. The van der Waals surface area contributed by atoms with Crippen molar-refractivity contribution < 1.29 is 9.90 Å². The average Bonchev–Trinajstić information content (AvgIpc) is 3.04. The van der Waals surface area contributed by atoms with Gasteiger partial charge < -0.3 is 15.0 Å². The molecule has 1 fully saturated rings. The molecule has 0 bridgehead atoms. The predicted octanol–water partition coefficient (Wildman–Crippen LogP) is 1.90. The number of H-pyrrole nitrogens is 1. The first-order valence-corrected chi connectivity index (χ1v) is 6.96. The summed E-state index contributed by atoms with van der Waals surface area (Å²) < 4.78 is 0. The van der Waals surface area contributed by atoms with E-state index in [1.165, 1.54) is 6.33 Å². The Labute approximate surface area is 116 Å². The van der Waals surface area contributed by atoms with Gasteiger partial charge in [-0.05, 0) is 18.4 Å². The van der Waals surface area contributed by atoms with Gasteiger partial charge in [0.2, 0.25) is 0 Å². The van der Waals surface area contributed by atoms with Crippen LogP contribution in [-0.2, 0) is 4.79 Å². The summed E-state index contributed by atoms with van der Waals surface area (Å²) in [6, 6.07) is 1.94. The molecule has 0 spiro atoms. The van der Waals surface area contributed by atoms with Crippen molar-refractivity contribution in [1.82, 2.24) is 15.0 Å². The molecule has 1 aliphatic rings. The van der Waals surface area contributed by atoms with E-state index < -0.39 is 5.97 Å². The monoisotopic (exact) mass is 274 g/mol. The van der Waals surface area contributed by atoms with Gasteiger partial charge in [0.25, 0.3) is 0 Å². The van der Waals surface area contributed by atoms with E-state index >= 15 is 0 Å². The quantitative estimate of drug-likeness (QED) is 0.889. The molecule has 0 aliphatic carbocycles. The summed E-state index contributed by atoms with van der Waals surface area (Å²) in [5, 5.41) is 10.3. The third kappa shape index (κ3) is 2.11. The highest BCUT2D eigenvalue weighted by molar-refractivity contribution is 5.87. The summed E-state index contributed by atoms with van der Waals surface area (Å²) in [7, 11) is 0. The number of carbonyl (C=O) groups is 1. The molecule has 0 unspecified atom stereocenters. The molecule has 2 aromatic heterocycles. The molecular weight excluding hydrogens is 256 g/mol. The summed E-state index contributed by atoms with van der Waals surface area (Å²) in [5.41, 5.74) is 0.792. The van der Waals surface area contributed by atoms with Gasteiger partial charge in [0.15, 0.2) is 0 Å². The van der Waals surface area contributed by atoms with E-state index in [0.717, 1.165) is 36.2 Å². The largest absolute Gasteiger partial charge is 0.481 e. The van der Waals surface area contributed by atoms with Gasteiger partial charge in [0.1, 0.15) is 17.8 Å². The Morgan fingerprint density at radius 1 is 1.50 bits per heavy atom. The Hall–Kier alpha value is -2.11. The number of fused-ring (bicyclic) bond motifs is 1. The number of aromatic nitrogens is 3. The summed E-state index contributed by atoms with van der Waals surface area (Å²) in [4.78, 5) is 25.1. The molecule has 106 valence electrons. The maximum absolute atomic E-state index is 11.4. The van der Waals surface area contributed by atoms with Gasteiger partial charge in [0.05, 0.1) is 11.3 Å². The molecular formula is C14H18N4O2. The van der Waals surface area contributed by atoms with Crippen molar-refractivity contribution in [3.63, 3.8) is 0 Å². The zero-order chi connectivity index (χ0) is 14.1. The molecule has 20 heavy (non-hydrogen) atoms. The number of nitrogens with zero attached hydrogens (tertiary/aromatic N) is 3. The number of rotatable bonds is 4. The van der Waals surface area contributed by atoms with Gasteiger partial charge in [-0.2, -0.15) is 0 Å². The fourth-order valence-electron chi connectivity index (χ4n) is 3.10. The van der Waals surface area contributed by atoms with Crippen LogP contribution in [0.4, 0.5) is 5.82 Å². The molecule has 0 radical (unpaired) electrons. The molecule has 0 aromatic carbocycles. The van der Waals surface area contributed by atoms with Crippen molar-refractivity contribution in [3.8, 4) is 0 Å². The van der Waals surface area contributed by atoms with Crippen LogP contribution in [0.5, 0.6) is 0 Å². The minimum Gasteiger partial charge on any atom is -0.481 e. The zero-order valence-corrected chi connectivity index (χ0v) is 11.4. The van der Waals surface area contributed by atoms with Crippen LogP contribution < -0.4 is 4.90 Å². The molecule has 1 aliphatic heterocycles. The smallest absolute Gasteiger partial charge is 0.308 e. The highest BCUT2D eigenvalue weighted by Gasteiger charge is 2.38. The molecule has 2 N–H and O–H groups in total. The third-order valence-electron chi connectivity index (χ3n) is 4.05. The number of hydrogen-bond donors (Lipinski definition) is 2. The highest BCUT2D eigenvalue weighted by Crippen LogP contribution is 2.33. The molecule has 2 atom stereocenters. The van der Waals surface area contributed by atoms with E-state index in [-0.39, 0.29) is 11.8 Å². The number of carboxylic acids is 1. The van der Waals surface area contributed by atoms with E-state index in [1.54, 1.807) is 0 Å². The Morgan fingerprint density at radius 3 is 3.10 bits per heavy atom. The number of anilines is 1. The van der Waals surface area contributed by atoms with Crippen molar-refractivity contribution in [2.75, 3.05) is 18.0 Å². The summed E-state index contributed by atoms with van der Waals surface area (Å²) in [6.45, 7) is 3.37. The number of aliphatic carboxylic acids is 1. The maximum atomic E-state index is 11.4. The number of nitrogens with one attached hydrogen (secondary N) is 1. The molecule has 6 heteroatoms. The third-order valence-corrected chi connectivity index (χ3v) is 4.05. The fourth-order valence-corrected chi connectivity index (χ4v) is 3.10. The number of hydrogen-bond acceptors (Lipinski definition) is 4. The SMILES string of the molecule is CCC[C@H]1CN(c2ncnc3[nH]ccc23)C[C@@H]1C(=O)O. The second-order valence-corrected chi connectivity index (χ2v) is 5.34. The van der Waals surface area contributed by atoms with Gasteiger partial charge in [-0.25, -0.2) is 9.97 Å². The highest BCUT2D eigenvalue weighted by atomic mass is 16.4. The van der Waals surface area contributed by atoms with Crippen LogP contribution in [0.2, 0.25) is 0 Å². The van der Waals surface area contributed by atoms with E-state index in [9.17, 15) is 9.90 Å². The molecule has 0 amide bonds. The van der Waals surface area contributed by atoms with Crippen molar-refractivity contribution in [1.29, 1.82) is 0 Å². The van der Waals surface area contributed by atoms with E-state index in [1.807, 2.05) is 12.3 Å². The molecule has 1 saturated heterocycles. The summed E-state index contributed by atoms with van der Waals surface area (Å²) in [6.07, 6.45) is 5.30. The Kier molecular flexibility index (Phi) is 3.30. The Balaban J connectivity index is 1.91. The first-order valence-electron chi connectivity index (χ1n) is 6.96. The molecule has 3 rings (SSSR count). The maximum Gasteiger partial charge on any atom is 0.308 e. The molecule has 0 saturated carbocycles. The number of carboxylic acid groups (broad SMARTS) is 1. The summed E-state index contributed by atoms with van der Waals surface area (Å²) >= 11 is 0. The van der Waals surface area contributed by atoms with Crippen molar-refractivity contribution in [2.24, 2.45) is 11.8 Å². The van der Waals surface area contributed by atoms with E-state index in [0.29, 0.717) is 6.54 Å². The topological polar surface area (TPSA) is 82.1 Å². The lowest BCUT2D eigenvalue weighted by atomic mass is 9.92. The summed E-state index contributed by atoms with van der Waals surface area (Å²) in [5.74, 6) is 0.0202.